The van der Waals surface area contributed by atoms with Gasteiger partial charge in [0.15, 0.2) is 5.41 Å². The molecule has 9 nitrogen and oxygen atoms in total. The molecule has 4 amide bonds. The number of aromatic nitrogens is 2. The van der Waals surface area contributed by atoms with Gasteiger partial charge < -0.3 is 4.90 Å². The average Bonchev–Trinajstić information content (AvgIpc) is 2.95. The fourth-order valence-corrected chi connectivity index (χ4v) is 6.66. The Morgan fingerprint density at radius 1 is 1.02 bits per heavy atom. The first-order valence-electron chi connectivity index (χ1n) is 13.1. The maximum Gasteiger partial charge on any atom is 0.331 e. The van der Waals surface area contributed by atoms with Gasteiger partial charge in [0.1, 0.15) is 11.5 Å². The monoisotopic (exact) mass is 553 g/mol. The number of rotatable bonds is 2. The highest BCUT2D eigenvalue weighted by Gasteiger charge is 2.64. The maximum absolute atomic E-state index is 14.6. The lowest BCUT2D eigenvalue weighted by atomic mass is 9.65. The van der Waals surface area contributed by atoms with Gasteiger partial charge >= 0.3 is 6.03 Å². The zero-order valence-corrected chi connectivity index (χ0v) is 22.3. The molecule has 1 fully saturated rings. The minimum atomic E-state index is -1.78. The van der Waals surface area contributed by atoms with Crippen LogP contribution in [0, 0.1) is 12.3 Å². The number of amides is 4. The van der Waals surface area contributed by atoms with Gasteiger partial charge in [0.2, 0.25) is 11.8 Å². The molecule has 4 aromatic rings. The van der Waals surface area contributed by atoms with Crippen molar-refractivity contribution in [3.05, 3.63) is 110 Å². The molecular formula is C30H24ClN5O4. The summed E-state index contributed by atoms with van der Waals surface area (Å²) >= 11 is 6.38. The van der Waals surface area contributed by atoms with Crippen LogP contribution in [0.3, 0.4) is 0 Å². The number of carbonyl (C=O) groups is 3. The smallest absolute Gasteiger partial charge is 0.331 e. The van der Waals surface area contributed by atoms with Crippen LogP contribution in [0.4, 0.5) is 10.6 Å². The standard InChI is InChI=1S/C30H24ClN5O4/c1-17-7-6-13-35-24(17)32-25-21(26(35)37)15-30(23-20-10-4-2-8-18(20)12-14-34(23)25)27(38)33-29(40)36(28(30)39)16-19-9-3-5-11-22(19)31/h2-11,13,23H,12,14-16H2,1H3,(H,33,38,40). The van der Waals surface area contributed by atoms with Crippen LogP contribution in [0.2, 0.25) is 5.02 Å². The van der Waals surface area contributed by atoms with E-state index in [1.807, 2.05) is 42.2 Å². The number of halogens is 1. The molecule has 0 radical (unpaired) electrons. The second-order valence-corrected chi connectivity index (χ2v) is 10.9. The molecule has 5 heterocycles. The largest absolute Gasteiger partial charge is 0.347 e. The Hall–Kier alpha value is -4.50. The van der Waals surface area contributed by atoms with Gasteiger partial charge in [-0.25, -0.2) is 9.78 Å². The molecule has 2 atom stereocenters. The number of pyridine rings is 1. The molecule has 1 saturated heterocycles. The number of aryl methyl sites for hydroxylation is 1. The molecule has 0 saturated carbocycles. The summed E-state index contributed by atoms with van der Waals surface area (Å²) in [5.74, 6) is -0.907. The summed E-state index contributed by atoms with van der Waals surface area (Å²) in [6, 6.07) is 16.7. The molecule has 2 unspecified atom stereocenters. The number of fused-ring (bicyclic) bond motifs is 7. The van der Waals surface area contributed by atoms with E-state index in [-0.39, 0.29) is 24.1 Å². The summed E-state index contributed by atoms with van der Waals surface area (Å²) in [5, 5.41) is 2.85. The summed E-state index contributed by atoms with van der Waals surface area (Å²) < 4.78 is 1.46. The first-order valence-corrected chi connectivity index (χ1v) is 13.4. The first-order chi connectivity index (χ1) is 19.3. The lowest BCUT2D eigenvalue weighted by Gasteiger charge is -2.53. The van der Waals surface area contributed by atoms with Crippen molar-refractivity contribution in [2.24, 2.45) is 5.41 Å². The first kappa shape index (κ1) is 24.5. The molecule has 1 N–H and O–H groups in total. The van der Waals surface area contributed by atoms with E-state index in [0.29, 0.717) is 35.0 Å². The van der Waals surface area contributed by atoms with E-state index in [0.717, 1.165) is 21.6 Å². The van der Waals surface area contributed by atoms with Crippen molar-refractivity contribution >= 4 is 40.9 Å². The van der Waals surface area contributed by atoms with Gasteiger partial charge in [-0.05, 0) is 47.7 Å². The summed E-state index contributed by atoms with van der Waals surface area (Å²) in [4.78, 5) is 63.5. The molecule has 0 aliphatic carbocycles. The Balaban J connectivity index is 1.48. The summed E-state index contributed by atoms with van der Waals surface area (Å²) in [5.41, 5.74) is 1.89. The van der Waals surface area contributed by atoms with E-state index in [4.69, 9.17) is 16.6 Å². The number of imide groups is 2. The summed E-state index contributed by atoms with van der Waals surface area (Å²) in [6.07, 6.45) is 2.09. The molecule has 200 valence electrons. The van der Waals surface area contributed by atoms with Gasteiger partial charge in [-0.15, -0.1) is 0 Å². The molecule has 3 aliphatic rings. The number of hydrogen-bond acceptors (Lipinski definition) is 6. The summed E-state index contributed by atoms with van der Waals surface area (Å²) in [6.45, 7) is 2.22. The van der Waals surface area contributed by atoms with Crippen LogP contribution < -0.4 is 15.8 Å². The van der Waals surface area contributed by atoms with Gasteiger partial charge in [0, 0.05) is 24.2 Å². The van der Waals surface area contributed by atoms with Crippen molar-refractivity contribution in [3.63, 3.8) is 0 Å². The number of nitrogens with one attached hydrogen (secondary N) is 1. The van der Waals surface area contributed by atoms with Gasteiger partial charge in [0.25, 0.3) is 5.56 Å². The van der Waals surface area contributed by atoms with E-state index in [9.17, 15) is 19.2 Å². The minimum Gasteiger partial charge on any atom is -0.347 e. The fraction of sp³-hybridized carbons (Fsp3) is 0.233. The fourth-order valence-electron chi connectivity index (χ4n) is 6.46. The zero-order valence-electron chi connectivity index (χ0n) is 21.6. The molecule has 0 bridgehead atoms. The molecular weight excluding hydrogens is 530 g/mol. The van der Waals surface area contributed by atoms with Crippen LogP contribution in [-0.4, -0.2) is 38.7 Å². The van der Waals surface area contributed by atoms with Crippen molar-refractivity contribution in [1.82, 2.24) is 19.6 Å². The van der Waals surface area contributed by atoms with E-state index in [2.05, 4.69) is 5.32 Å². The normalized spacial score (nSPS) is 21.8. The lowest BCUT2D eigenvalue weighted by Crippen LogP contribution is -2.70. The number of anilines is 1. The maximum atomic E-state index is 14.6. The average molecular weight is 554 g/mol. The number of barbiturate groups is 1. The van der Waals surface area contributed by atoms with Gasteiger partial charge in [0.05, 0.1) is 18.2 Å². The van der Waals surface area contributed by atoms with E-state index < -0.39 is 29.3 Å². The molecule has 2 aromatic heterocycles. The molecule has 40 heavy (non-hydrogen) atoms. The van der Waals surface area contributed by atoms with E-state index in [1.165, 1.54) is 4.40 Å². The Morgan fingerprint density at radius 3 is 2.62 bits per heavy atom. The second kappa shape index (κ2) is 8.76. The quantitative estimate of drug-likeness (QED) is 0.381. The third-order valence-electron chi connectivity index (χ3n) is 8.38. The third kappa shape index (κ3) is 3.30. The number of carbonyl (C=O) groups excluding carboxylic acids is 3. The Kier molecular flexibility index (Phi) is 5.37. The molecule has 2 aromatic carbocycles. The van der Waals surface area contributed by atoms with E-state index in [1.54, 1.807) is 36.5 Å². The Labute approximate surface area is 234 Å². The van der Waals surface area contributed by atoms with Crippen molar-refractivity contribution < 1.29 is 14.4 Å². The molecule has 10 heteroatoms. The van der Waals surface area contributed by atoms with Crippen LogP contribution in [0.5, 0.6) is 0 Å². The van der Waals surface area contributed by atoms with Crippen LogP contribution in [0.15, 0.2) is 71.7 Å². The third-order valence-corrected chi connectivity index (χ3v) is 8.75. The minimum absolute atomic E-state index is 0.116. The highest BCUT2D eigenvalue weighted by atomic mass is 35.5. The lowest BCUT2D eigenvalue weighted by molar-refractivity contribution is -0.154. The number of urea groups is 1. The van der Waals surface area contributed by atoms with Gasteiger partial charge in [-0.2, -0.15) is 0 Å². The SMILES string of the molecule is Cc1cccn2c(=O)c3c(nc12)N1CCc2ccccc2C1C1(C3)C(=O)NC(=O)N(Cc2ccccc2Cl)C1=O. The van der Waals surface area contributed by atoms with Crippen molar-refractivity contribution in [1.29, 1.82) is 0 Å². The van der Waals surface area contributed by atoms with Crippen molar-refractivity contribution in [3.8, 4) is 0 Å². The number of nitrogens with zero attached hydrogens (tertiary/aromatic N) is 4. The highest BCUT2D eigenvalue weighted by Crippen LogP contribution is 2.53. The number of benzene rings is 2. The van der Waals surface area contributed by atoms with Crippen LogP contribution in [-0.2, 0) is 29.0 Å². The van der Waals surface area contributed by atoms with Crippen molar-refractivity contribution in [2.75, 3.05) is 11.4 Å². The Morgan fingerprint density at radius 2 is 1.80 bits per heavy atom. The summed E-state index contributed by atoms with van der Waals surface area (Å²) in [7, 11) is 0. The van der Waals surface area contributed by atoms with Crippen LogP contribution in [0.25, 0.3) is 5.65 Å². The van der Waals surface area contributed by atoms with Gasteiger partial charge in [-0.3, -0.25) is 29.0 Å². The number of hydrogen-bond donors (Lipinski definition) is 1. The topological polar surface area (TPSA) is 104 Å². The molecule has 1 spiro atoms. The molecule has 7 rings (SSSR count). The van der Waals surface area contributed by atoms with Crippen LogP contribution >= 0.6 is 11.6 Å². The highest BCUT2D eigenvalue weighted by molar-refractivity contribution is 6.31. The Bertz CT molecular complexity index is 1830. The zero-order chi connectivity index (χ0) is 27.8. The van der Waals surface area contributed by atoms with Crippen LogP contribution in [0.1, 0.15) is 33.9 Å². The predicted octanol–water partition coefficient (Wildman–Crippen LogP) is 3.58. The second-order valence-electron chi connectivity index (χ2n) is 10.5. The van der Waals surface area contributed by atoms with E-state index >= 15 is 0 Å². The molecule has 3 aliphatic heterocycles. The van der Waals surface area contributed by atoms with Gasteiger partial charge in [-0.1, -0.05) is 60.1 Å². The predicted molar refractivity (Wildman–Crippen MR) is 148 cm³/mol. The van der Waals surface area contributed by atoms with Crippen molar-refractivity contribution in [2.45, 2.75) is 32.4 Å².